The molecule has 0 aromatic rings. The lowest BCUT2D eigenvalue weighted by Crippen LogP contribution is -2.22. The van der Waals surface area contributed by atoms with Crippen molar-refractivity contribution >= 4 is 0 Å². The van der Waals surface area contributed by atoms with E-state index < -0.39 is 0 Å². The van der Waals surface area contributed by atoms with Crippen LogP contribution < -0.4 is 0 Å². The van der Waals surface area contributed by atoms with Gasteiger partial charge in [0.2, 0.25) is 0 Å². The summed E-state index contributed by atoms with van der Waals surface area (Å²) in [6.45, 7) is 7.89. The third-order valence-corrected chi connectivity index (χ3v) is 4.24. The summed E-state index contributed by atoms with van der Waals surface area (Å²) in [7, 11) is 1.83. The van der Waals surface area contributed by atoms with Crippen LogP contribution in [-0.4, -0.2) is 13.7 Å². The number of unbranched alkanes of at least 4 members (excludes halogenated alkanes) is 3. The fraction of sp³-hybridized carbons (Fsp3) is 1.00. The van der Waals surface area contributed by atoms with Gasteiger partial charge in [-0.3, -0.25) is 0 Å². The minimum Gasteiger partial charge on any atom is -0.385 e. The zero-order valence-electron chi connectivity index (χ0n) is 13.4. The second kappa shape index (κ2) is 12.0. The summed E-state index contributed by atoms with van der Waals surface area (Å²) in [5.74, 6) is 0. The third-order valence-electron chi connectivity index (χ3n) is 4.24. The number of rotatable bonds is 13. The van der Waals surface area contributed by atoms with Crippen molar-refractivity contribution < 1.29 is 4.74 Å². The molecule has 0 aliphatic heterocycles. The van der Waals surface area contributed by atoms with Gasteiger partial charge in [0.1, 0.15) is 0 Å². The van der Waals surface area contributed by atoms with Gasteiger partial charge in [-0.1, -0.05) is 59.3 Å². The highest BCUT2D eigenvalue weighted by atomic mass is 16.5. The lowest BCUT2D eigenvalue weighted by atomic mass is 9.71. The number of methoxy groups -OCH3 is 1. The summed E-state index contributed by atoms with van der Waals surface area (Å²) in [4.78, 5) is 0. The molecule has 0 bridgehead atoms. The molecular weight excluding hydrogens is 220 g/mol. The van der Waals surface area contributed by atoms with Gasteiger partial charge in [0.15, 0.2) is 0 Å². The van der Waals surface area contributed by atoms with E-state index in [1.165, 1.54) is 70.6 Å². The van der Waals surface area contributed by atoms with E-state index in [0.29, 0.717) is 5.41 Å². The summed E-state index contributed by atoms with van der Waals surface area (Å²) in [6, 6.07) is 0. The summed E-state index contributed by atoms with van der Waals surface area (Å²) in [5.41, 5.74) is 0.626. The van der Waals surface area contributed by atoms with E-state index in [1.54, 1.807) is 0 Å². The van der Waals surface area contributed by atoms with Gasteiger partial charge in [-0.2, -0.15) is 0 Å². The van der Waals surface area contributed by atoms with E-state index in [1.807, 2.05) is 7.11 Å². The summed E-state index contributed by atoms with van der Waals surface area (Å²) >= 11 is 0. The van der Waals surface area contributed by atoms with E-state index in [9.17, 15) is 0 Å². The Balaban J connectivity index is 4.41. The van der Waals surface area contributed by atoms with Crippen LogP contribution in [0.2, 0.25) is 0 Å². The van der Waals surface area contributed by atoms with Gasteiger partial charge in [-0.15, -0.1) is 0 Å². The van der Waals surface area contributed by atoms with Crippen LogP contribution in [0.3, 0.4) is 0 Å². The van der Waals surface area contributed by atoms with E-state index in [0.717, 1.165) is 6.61 Å². The van der Waals surface area contributed by atoms with Crippen LogP contribution in [0.25, 0.3) is 0 Å². The molecule has 0 radical (unpaired) electrons. The van der Waals surface area contributed by atoms with Crippen LogP contribution in [0.1, 0.15) is 91.4 Å². The highest BCUT2D eigenvalue weighted by Crippen LogP contribution is 2.40. The Morgan fingerprint density at radius 2 is 1.06 bits per heavy atom. The van der Waals surface area contributed by atoms with Crippen LogP contribution in [0.5, 0.6) is 0 Å². The number of ether oxygens (including phenoxy) is 1. The molecule has 0 aliphatic carbocycles. The van der Waals surface area contributed by atoms with E-state index in [4.69, 9.17) is 4.74 Å². The van der Waals surface area contributed by atoms with Crippen molar-refractivity contribution in [3.8, 4) is 0 Å². The highest BCUT2D eigenvalue weighted by Gasteiger charge is 2.27. The molecule has 0 saturated heterocycles. The van der Waals surface area contributed by atoms with Crippen LogP contribution in [-0.2, 0) is 4.74 Å². The lowest BCUT2D eigenvalue weighted by Gasteiger charge is -2.34. The first-order valence-electron chi connectivity index (χ1n) is 8.23. The molecule has 0 N–H and O–H groups in total. The normalized spacial score (nSPS) is 12.0. The Labute approximate surface area is 116 Å². The topological polar surface area (TPSA) is 9.23 Å². The van der Waals surface area contributed by atoms with Gasteiger partial charge >= 0.3 is 0 Å². The summed E-state index contributed by atoms with van der Waals surface area (Å²) in [5, 5.41) is 0. The molecule has 0 aliphatic rings. The predicted octanol–water partition coefficient (Wildman–Crippen LogP) is 5.97. The molecule has 0 atom stereocenters. The monoisotopic (exact) mass is 256 g/mol. The van der Waals surface area contributed by atoms with E-state index in [2.05, 4.69) is 20.8 Å². The van der Waals surface area contributed by atoms with Crippen LogP contribution in [0, 0.1) is 5.41 Å². The van der Waals surface area contributed by atoms with Gasteiger partial charge in [0.25, 0.3) is 0 Å². The standard InChI is InChI=1S/C17H36O/c1-5-8-12-17(13-9-6-2,14-10-7-3)15-11-16-18-4/h5-16H2,1-4H3. The Bertz CT molecular complexity index is 143. The van der Waals surface area contributed by atoms with Crippen molar-refractivity contribution in [2.75, 3.05) is 13.7 Å². The largest absolute Gasteiger partial charge is 0.385 e. The molecule has 0 heterocycles. The Morgan fingerprint density at radius 1 is 0.667 bits per heavy atom. The fourth-order valence-corrected chi connectivity index (χ4v) is 3.00. The molecule has 0 aromatic heterocycles. The molecule has 0 spiro atoms. The molecule has 0 unspecified atom stereocenters. The van der Waals surface area contributed by atoms with Gasteiger partial charge in [0.05, 0.1) is 0 Å². The van der Waals surface area contributed by atoms with Crippen LogP contribution >= 0.6 is 0 Å². The second-order valence-electron chi connectivity index (χ2n) is 5.91. The van der Waals surface area contributed by atoms with Gasteiger partial charge in [-0.25, -0.2) is 0 Å². The Hall–Kier alpha value is -0.0400. The zero-order valence-corrected chi connectivity index (χ0v) is 13.4. The molecule has 0 rings (SSSR count). The molecule has 0 fully saturated rings. The van der Waals surface area contributed by atoms with E-state index >= 15 is 0 Å². The molecule has 0 aromatic carbocycles. The molecule has 1 nitrogen and oxygen atoms in total. The van der Waals surface area contributed by atoms with Gasteiger partial charge < -0.3 is 4.74 Å². The first kappa shape index (κ1) is 18.0. The summed E-state index contributed by atoms with van der Waals surface area (Å²) in [6.07, 6.45) is 15.2. The molecule has 0 saturated carbocycles. The van der Waals surface area contributed by atoms with Crippen molar-refractivity contribution in [1.29, 1.82) is 0 Å². The van der Waals surface area contributed by atoms with Crippen LogP contribution in [0.15, 0.2) is 0 Å². The maximum absolute atomic E-state index is 5.25. The first-order chi connectivity index (χ1) is 8.74. The van der Waals surface area contributed by atoms with Crippen molar-refractivity contribution in [3.05, 3.63) is 0 Å². The Morgan fingerprint density at radius 3 is 1.39 bits per heavy atom. The Kier molecular flexibility index (Phi) is 12.0. The average Bonchev–Trinajstić information content (AvgIpc) is 2.40. The lowest BCUT2D eigenvalue weighted by molar-refractivity contribution is 0.137. The third kappa shape index (κ3) is 8.13. The smallest absolute Gasteiger partial charge is 0.0462 e. The highest BCUT2D eigenvalue weighted by molar-refractivity contribution is 4.79. The average molecular weight is 256 g/mol. The zero-order chi connectivity index (χ0) is 13.7. The second-order valence-corrected chi connectivity index (χ2v) is 5.91. The minimum atomic E-state index is 0.626. The molecule has 0 amide bonds. The maximum atomic E-state index is 5.25. The molecular formula is C17H36O. The first-order valence-corrected chi connectivity index (χ1v) is 8.23. The maximum Gasteiger partial charge on any atom is 0.0462 e. The van der Waals surface area contributed by atoms with Crippen molar-refractivity contribution in [1.82, 2.24) is 0 Å². The number of hydrogen-bond acceptors (Lipinski definition) is 1. The fourth-order valence-electron chi connectivity index (χ4n) is 3.00. The SMILES string of the molecule is CCCCC(CCCC)(CCCC)CCCOC. The number of hydrogen-bond donors (Lipinski definition) is 0. The van der Waals surface area contributed by atoms with Crippen molar-refractivity contribution in [3.63, 3.8) is 0 Å². The molecule has 18 heavy (non-hydrogen) atoms. The van der Waals surface area contributed by atoms with Crippen molar-refractivity contribution in [2.45, 2.75) is 91.4 Å². The minimum absolute atomic E-state index is 0.626. The van der Waals surface area contributed by atoms with Gasteiger partial charge in [-0.05, 0) is 37.5 Å². The van der Waals surface area contributed by atoms with Crippen LogP contribution in [0.4, 0.5) is 0 Å². The van der Waals surface area contributed by atoms with E-state index in [-0.39, 0.29) is 0 Å². The molecule has 110 valence electrons. The molecule has 1 heteroatoms. The van der Waals surface area contributed by atoms with Gasteiger partial charge in [0, 0.05) is 13.7 Å². The summed E-state index contributed by atoms with van der Waals surface area (Å²) < 4.78 is 5.25. The van der Waals surface area contributed by atoms with Crippen molar-refractivity contribution in [2.24, 2.45) is 5.41 Å². The predicted molar refractivity (Wildman–Crippen MR) is 82.1 cm³/mol. The quantitative estimate of drug-likeness (QED) is 0.369.